The first kappa shape index (κ1) is 10.5. The summed E-state index contributed by atoms with van der Waals surface area (Å²) in [5, 5.41) is 0.223. The van der Waals surface area contributed by atoms with Crippen molar-refractivity contribution in [3.8, 4) is 0 Å². The van der Waals surface area contributed by atoms with E-state index in [4.69, 9.17) is 21.4 Å². The van der Waals surface area contributed by atoms with Crippen LogP contribution in [0.1, 0.15) is 20.8 Å². The van der Waals surface area contributed by atoms with Gasteiger partial charge in [-0.2, -0.15) is 0 Å². The second-order valence-corrected chi connectivity index (χ2v) is 10.0. The van der Waals surface area contributed by atoms with E-state index in [2.05, 4.69) is 32.9 Å². The van der Waals surface area contributed by atoms with Crippen molar-refractivity contribution in [1.29, 1.82) is 0 Å². The summed E-state index contributed by atoms with van der Waals surface area (Å²) in [7, 11) is 11.1. The second-order valence-electron chi connectivity index (χ2n) is 3.86. The van der Waals surface area contributed by atoms with Gasteiger partial charge < -0.3 is 0 Å². The molecule has 3 heteroatoms. The van der Waals surface area contributed by atoms with Crippen molar-refractivity contribution in [3.05, 3.63) is 24.3 Å². The first-order valence-corrected chi connectivity index (χ1v) is 7.26. The lowest BCUT2D eigenvalue weighted by Gasteiger charge is -2.41. The van der Waals surface area contributed by atoms with Gasteiger partial charge in [-0.3, -0.25) is 0 Å². The molecule has 0 N–H and O–H groups in total. The van der Waals surface area contributed by atoms with Gasteiger partial charge in [0.2, 0.25) is 0 Å². The maximum atomic E-state index is 6.36. The minimum atomic E-state index is -1.61. The van der Waals surface area contributed by atoms with Crippen molar-refractivity contribution in [1.82, 2.24) is 0 Å². The molecule has 12 heavy (non-hydrogen) atoms. The topological polar surface area (TPSA) is 0 Å². The number of allylic oxidation sites excluding steroid dienone is 2. The molecule has 0 spiro atoms. The summed E-state index contributed by atoms with van der Waals surface area (Å²) in [4.78, 5) is 0. The van der Waals surface area contributed by atoms with E-state index in [9.17, 15) is 0 Å². The molecule has 0 aliphatic heterocycles. The molecule has 0 aromatic rings. The van der Waals surface area contributed by atoms with Crippen LogP contribution in [0.2, 0.25) is 0 Å². The van der Waals surface area contributed by atoms with Crippen LogP contribution in [-0.4, -0.2) is 10.00 Å². The van der Waals surface area contributed by atoms with Gasteiger partial charge in [-0.1, -0.05) is 53.5 Å². The first-order chi connectivity index (χ1) is 5.36. The van der Waals surface area contributed by atoms with Gasteiger partial charge in [-0.15, -0.1) is 0 Å². The van der Waals surface area contributed by atoms with E-state index in [0.29, 0.717) is 0 Å². The number of hydrogen-bond acceptors (Lipinski definition) is 0. The highest BCUT2D eigenvalue weighted by Gasteiger charge is 2.38. The molecule has 0 aromatic heterocycles. The summed E-state index contributed by atoms with van der Waals surface area (Å²) in [6.07, 6.45) is 8.15. The predicted molar refractivity (Wildman–Crippen MR) is 61.1 cm³/mol. The standard InChI is InChI=1S/C9H14Cl2S/c1-9(2,3)12(10,11)8-6-4-5-7-8/h4-8H,1-3H3. The third kappa shape index (κ3) is 1.84. The summed E-state index contributed by atoms with van der Waals surface area (Å²) >= 11 is 0. The molecular formula is C9H14Cl2S. The van der Waals surface area contributed by atoms with Crippen molar-refractivity contribution >= 4 is 29.8 Å². The Labute approximate surface area is 84.9 Å². The zero-order chi connectivity index (χ0) is 9.41. The zero-order valence-electron chi connectivity index (χ0n) is 7.55. The van der Waals surface area contributed by atoms with Crippen LogP contribution in [-0.2, 0) is 0 Å². The van der Waals surface area contributed by atoms with Crippen LogP contribution in [0.25, 0.3) is 0 Å². The van der Waals surface area contributed by atoms with E-state index in [1.54, 1.807) is 0 Å². The lowest BCUT2D eigenvalue weighted by molar-refractivity contribution is 0.796. The molecule has 0 bridgehead atoms. The smallest absolute Gasteiger partial charge is 0.0515 e. The molecule has 0 heterocycles. The summed E-state index contributed by atoms with van der Waals surface area (Å²) in [6.45, 7) is 6.26. The molecule has 0 atom stereocenters. The van der Waals surface area contributed by atoms with E-state index in [1.807, 2.05) is 12.2 Å². The molecule has 0 fully saturated rings. The third-order valence-electron chi connectivity index (χ3n) is 1.87. The SMILES string of the molecule is CC(C)(C)S(Cl)(Cl)C1C=CC=C1. The normalized spacial score (nSPS) is 20.4. The summed E-state index contributed by atoms with van der Waals surface area (Å²) < 4.78 is -0.0280. The zero-order valence-corrected chi connectivity index (χ0v) is 9.88. The Bertz CT molecular complexity index is 211. The average Bonchev–Trinajstić information content (AvgIpc) is 2.34. The fourth-order valence-electron chi connectivity index (χ4n) is 1.02. The highest BCUT2D eigenvalue weighted by Crippen LogP contribution is 2.71. The lowest BCUT2D eigenvalue weighted by Crippen LogP contribution is -2.23. The Balaban J connectivity index is 2.85. The number of hydrogen-bond donors (Lipinski definition) is 0. The maximum absolute atomic E-state index is 6.36. The largest absolute Gasteiger partial charge is 0.0693 e. The van der Waals surface area contributed by atoms with Crippen LogP contribution in [0.3, 0.4) is 0 Å². The summed E-state index contributed by atoms with van der Waals surface area (Å²) in [6, 6.07) is 0. The van der Waals surface area contributed by atoms with Gasteiger partial charge in [0, 0.05) is 4.75 Å². The molecule has 0 nitrogen and oxygen atoms in total. The molecule has 70 valence electrons. The van der Waals surface area contributed by atoms with E-state index >= 15 is 0 Å². The molecule has 1 aliphatic carbocycles. The van der Waals surface area contributed by atoms with E-state index in [1.165, 1.54) is 0 Å². The van der Waals surface area contributed by atoms with Gasteiger partial charge in [0.05, 0.1) is 5.25 Å². The van der Waals surface area contributed by atoms with Crippen LogP contribution < -0.4 is 0 Å². The molecule has 1 aliphatic rings. The molecule has 0 unspecified atom stereocenters. The van der Waals surface area contributed by atoms with E-state index in [-0.39, 0.29) is 10.00 Å². The second kappa shape index (κ2) is 3.28. The third-order valence-corrected chi connectivity index (χ3v) is 8.51. The average molecular weight is 225 g/mol. The van der Waals surface area contributed by atoms with Crippen molar-refractivity contribution in [2.75, 3.05) is 0 Å². The van der Waals surface area contributed by atoms with Crippen LogP contribution in [0.15, 0.2) is 24.3 Å². The molecule has 0 radical (unpaired) electrons. The van der Waals surface area contributed by atoms with Gasteiger partial charge >= 0.3 is 0 Å². The Morgan fingerprint density at radius 1 is 1.08 bits per heavy atom. The van der Waals surface area contributed by atoms with Crippen molar-refractivity contribution in [2.24, 2.45) is 0 Å². The summed E-state index contributed by atoms with van der Waals surface area (Å²) in [5.74, 6) is 0. The van der Waals surface area contributed by atoms with Crippen LogP contribution >= 0.6 is 29.8 Å². The molecule has 0 aromatic carbocycles. The molecular weight excluding hydrogens is 211 g/mol. The molecule has 0 amide bonds. The quantitative estimate of drug-likeness (QED) is 0.620. The molecule has 0 saturated carbocycles. The van der Waals surface area contributed by atoms with Gasteiger partial charge in [-0.05, 0) is 21.4 Å². The summed E-state index contributed by atoms with van der Waals surface area (Å²) in [5.41, 5.74) is 0. The Kier molecular flexibility index (Phi) is 2.87. The minimum Gasteiger partial charge on any atom is -0.0693 e. The van der Waals surface area contributed by atoms with E-state index in [0.717, 1.165) is 0 Å². The Morgan fingerprint density at radius 3 is 1.83 bits per heavy atom. The first-order valence-electron chi connectivity index (χ1n) is 3.92. The van der Waals surface area contributed by atoms with Gasteiger partial charge in [-0.25, -0.2) is 0 Å². The predicted octanol–water partition coefficient (Wildman–Crippen LogP) is 4.39. The van der Waals surface area contributed by atoms with Crippen molar-refractivity contribution in [2.45, 2.75) is 30.8 Å². The Morgan fingerprint density at radius 2 is 1.50 bits per heavy atom. The van der Waals surface area contributed by atoms with Crippen molar-refractivity contribution < 1.29 is 0 Å². The monoisotopic (exact) mass is 224 g/mol. The minimum absolute atomic E-state index is 0.0280. The maximum Gasteiger partial charge on any atom is 0.0515 e. The highest BCUT2D eigenvalue weighted by atomic mass is 36.0. The van der Waals surface area contributed by atoms with Crippen LogP contribution in [0.4, 0.5) is 0 Å². The fourth-order valence-corrected chi connectivity index (χ4v) is 3.12. The molecule has 1 rings (SSSR count). The lowest BCUT2D eigenvalue weighted by atomic mass is 10.3. The van der Waals surface area contributed by atoms with Crippen molar-refractivity contribution in [3.63, 3.8) is 0 Å². The number of halogens is 2. The van der Waals surface area contributed by atoms with Crippen LogP contribution in [0, 0.1) is 0 Å². The fraction of sp³-hybridized carbons (Fsp3) is 0.556. The van der Waals surface area contributed by atoms with Gasteiger partial charge in [0.25, 0.3) is 0 Å². The highest BCUT2D eigenvalue weighted by molar-refractivity contribution is 8.67. The number of rotatable bonds is 1. The van der Waals surface area contributed by atoms with Gasteiger partial charge in [0.15, 0.2) is 0 Å². The van der Waals surface area contributed by atoms with E-state index < -0.39 is 8.46 Å². The van der Waals surface area contributed by atoms with Crippen LogP contribution in [0.5, 0.6) is 0 Å². The molecule has 0 saturated heterocycles. The van der Waals surface area contributed by atoms with Gasteiger partial charge in [0.1, 0.15) is 0 Å². The Hall–Kier alpha value is 0.410.